The van der Waals surface area contributed by atoms with Crippen LogP contribution in [0, 0.1) is 5.92 Å². The molecule has 8 heteroatoms. The van der Waals surface area contributed by atoms with Crippen molar-refractivity contribution in [3.8, 4) is 5.75 Å². The van der Waals surface area contributed by atoms with E-state index >= 15 is 0 Å². The number of unbranched alkanes of at least 4 members (excludes halogenated alkanes) is 1. The van der Waals surface area contributed by atoms with Gasteiger partial charge in [0.1, 0.15) is 5.75 Å². The number of nitrogen functional groups attached to an aromatic ring is 1. The van der Waals surface area contributed by atoms with E-state index in [2.05, 4.69) is 15.5 Å². The number of nitrogens with one attached hydrogen (secondary N) is 2. The fourth-order valence-electron chi connectivity index (χ4n) is 4.71. The van der Waals surface area contributed by atoms with Gasteiger partial charge in [-0.1, -0.05) is 48.0 Å². The number of rotatable bonds is 10. The summed E-state index contributed by atoms with van der Waals surface area (Å²) in [7, 11) is 1.50. The van der Waals surface area contributed by atoms with E-state index in [4.69, 9.17) is 22.1 Å². The molecule has 3 aromatic carbocycles. The SMILES string of the molecule is COc1cc(N)c(Cl)cc1C(=O)NC[C@H]1CCN(CCCCNC(=O)c2cccc3ccccc23)C1. The molecule has 2 amide bonds. The Morgan fingerprint density at radius 2 is 1.83 bits per heavy atom. The van der Waals surface area contributed by atoms with Gasteiger partial charge in [-0.3, -0.25) is 9.59 Å². The number of ether oxygens (including phenoxy) is 1. The van der Waals surface area contributed by atoms with Gasteiger partial charge in [-0.05, 0) is 61.2 Å². The number of carbonyl (C=O) groups excluding carboxylic acids is 2. The Balaban J connectivity index is 1.15. The summed E-state index contributed by atoms with van der Waals surface area (Å²) in [5, 5.41) is 8.45. The van der Waals surface area contributed by atoms with E-state index in [1.165, 1.54) is 7.11 Å². The van der Waals surface area contributed by atoms with Crippen molar-refractivity contribution in [1.82, 2.24) is 15.5 Å². The van der Waals surface area contributed by atoms with Gasteiger partial charge in [-0.15, -0.1) is 0 Å². The van der Waals surface area contributed by atoms with E-state index in [0.717, 1.165) is 55.2 Å². The molecular formula is C28H33ClN4O3. The zero-order chi connectivity index (χ0) is 25.5. The largest absolute Gasteiger partial charge is 0.496 e. The van der Waals surface area contributed by atoms with Crippen molar-refractivity contribution in [1.29, 1.82) is 0 Å². The Hall–Kier alpha value is -3.29. The fraction of sp³-hybridized carbons (Fsp3) is 0.357. The van der Waals surface area contributed by atoms with Crippen LogP contribution in [0.25, 0.3) is 10.8 Å². The van der Waals surface area contributed by atoms with E-state index in [9.17, 15) is 9.59 Å². The normalized spacial score (nSPS) is 15.7. The summed E-state index contributed by atoms with van der Waals surface area (Å²) >= 11 is 6.09. The first kappa shape index (κ1) is 25.8. The predicted octanol–water partition coefficient (Wildman–Crippen LogP) is 4.35. The highest BCUT2D eigenvalue weighted by Crippen LogP contribution is 2.29. The number of nitrogens with zero attached hydrogens (tertiary/aromatic N) is 1. The van der Waals surface area contributed by atoms with Crippen LogP contribution in [0.5, 0.6) is 5.75 Å². The molecule has 4 N–H and O–H groups in total. The molecule has 0 radical (unpaired) electrons. The Morgan fingerprint density at radius 3 is 2.67 bits per heavy atom. The van der Waals surface area contributed by atoms with Crippen molar-refractivity contribution in [2.24, 2.45) is 5.92 Å². The Bertz CT molecular complexity index is 1230. The van der Waals surface area contributed by atoms with E-state index in [-0.39, 0.29) is 11.8 Å². The van der Waals surface area contributed by atoms with Crippen LogP contribution in [-0.2, 0) is 0 Å². The van der Waals surface area contributed by atoms with Crippen molar-refractivity contribution < 1.29 is 14.3 Å². The topological polar surface area (TPSA) is 96.7 Å². The van der Waals surface area contributed by atoms with Crippen molar-refractivity contribution in [3.63, 3.8) is 0 Å². The fourth-order valence-corrected chi connectivity index (χ4v) is 4.87. The molecule has 1 heterocycles. The van der Waals surface area contributed by atoms with Crippen LogP contribution in [0.4, 0.5) is 5.69 Å². The molecule has 0 aliphatic carbocycles. The minimum Gasteiger partial charge on any atom is -0.496 e. The molecule has 36 heavy (non-hydrogen) atoms. The van der Waals surface area contributed by atoms with Crippen molar-refractivity contribution in [2.75, 3.05) is 45.6 Å². The number of amides is 2. The number of anilines is 1. The molecule has 3 aromatic rings. The summed E-state index contributed by atoms with van der Waals surface area (Å²) in [6, 6.07) is 16.9. The van der Waals surface area contributed by atoms with Crippen molar-refractivity contribution >= 4 is 39.9 Å². The van der Waals surface area contributed by atoms with E-state index < -0.39 is 0 Å². The van der Waals surface area contributed by atoms with Crippen LogP contribution in [-0.4, -0.2) is 56.5 Å². The van der Waals surface area contributed by atoms with Gasteiger partial charge in [0.05, 0.1) is 23.4 Å². The lowest BCUT2D eigenvalue weighted by atomic mass is 10.0. The van der Waals surface area contributed by atoms with Gasteiger partial charge in [0.2, 0.25) is 0 Å². The van der Waals surface area contributed by atoms with Gasteiger partial charge in [-0.25, -0.2) is 0 Å². The van der Waals surface area contributed by atoms with E-state index in [0.29, 0.717) is 41.0 Å². The van der Waals surface area contributed by atoms with Crippen LogP contribution in [0.2, 0.25) is 5.02 Å². The smallest absolute Gasteiger partial charge is 0.255 e. The number of benzene rings is 3. The first-order valence-corrected chi connectivity index (χ1v) is 12.7. The third-order valence-electron chi connectivity index (χ3n) is 6.71. The van der Waals surface area contributed by atoms with Crippen LogP contribution in [0.1, 0.15) is 40.0 Å². The molecule has 1 fully saturated rings. The predicted molar refractivity (Wildman–Crippen MR) is 145 cm³/mol. The quantitative estimate of drug-likeness (QED) is 0.279. The molecule has 1 atom stereocenters. The third-order valence-corrected chi connectivity index (χ3v) is 7.03. The second-order valence-corrected chi connectivity index (χ2v) is 9.64. The second kappa shape index (κ2) is 12.1. The van der Waals surface area contributed by atoms with Gasteiger partial charge in [-0.2, -0.15) is 0 Å². The molecule has 1 aliphatic rings. The zero-order valence-electron chi connectivity index (χ0n) is 20.6. The monoisotopic (exact) mass is 508 g/mol. The highest BCUT2D eigenvalue weighted by molar-refractivity contribution is 6.33. The molecule has 0 spiro atoms. The maximum Gasteiger partial charge on any atom is 0.255 e. The van der Waals surface area contributed by atoms with Crippen LogP contribution in [0.15, 0.2) is 54.6 Å². The molecule has 1 aliphatic heterocycles. The lowest BCUT2D eigenvalue weighted by molar-refractivity contribution is 0.0939. The molecule has 7 nitrogen and oxygen atoms in total. The summed E-state index contributed by atoms with van der Waals surface area (Å²) in [4.78, 5) is 27.7. The van der Waals surface area contributed by atoms with Crippen molar-refractivity contribution in [3.05, 3.63) is 70.7 Å². The molecular weight excluding hydrogens is 476 g/mol. The molecule has 4 rings (SSSR count). The molecule has 0 aromatic heterocycles. The highest BCUT2D eigenvalue weighted by Gasteiger charge is 2.23. The van der Waals surface area contributed by atoms with E-state index in [1.54, 1.807) is 12.1 Å². The first-order valence-electron chi connectivity index (χ1n) is 12.4. The molecule has 190 valence electrons. The van der Waals surface area contributed by atoms with E-state index in [1.807, 2.05) is 42.5 Å². The Morgan fingerprint density at radius 1 is 1.06 bits per heavy atom. The standard InChI is InChI=1S/C28H33ClN4O3/c1-36-26-16-25(30)24(29)15-23(26)28(35)32-17-19-11-14-33(18-19)13-5-4-12-31-27(34)22-10-6-8-20-7-2-3-9-21(20)22/h2-3,6-10,15-16,19H,4-5,11-14,17-18,30H2,1H3,(H,31,34)(H,32,35)/t19-/m1/s1. The number of carbonyl (C=O) groups is 2. The minimum atomic E-state index is -0.214. The number of halogens is 1. The Labute approximate surface area is 216 Å². The second-order valence-electron chi connectivity index (χ2n) is 9.23. The maximum absolute atomic E-state index is 12.7. The minimum absolute atomic E-state index is 0.0252. The van der Waals surface area contributed by atoms with Gasteiger partial charge in [0.15, 0.2) is 0 Å². The third kappa shape index (κ3) is 6.28. The lowest BCUT2D eigenvalue weighted by Gasteiger charge is -2.17. The summed E-state index contributed by atoms with van der Waals surface area (Å²) in [6.07, 6.45) is 2.97. The Kier molecular flexibility index (Phi) is 8.67. The summed E-state index contributed by atoms with van der Waals surface area (Å²) < 4.78 is 5.28. The van der Waals surface area contributed by atoms with Gasteiger partial charge in [0, 0.05) is 31.3 Å². The number of hydrogen-bond acceptors (Lipinski definition) is 5. The first-order chi connectivity index (χ1) is 17.5. The molecule has 1 saturated heterocycles. The van der Waals surface area contributed by atoms with Crippen LogP contribution in [0.3, 0.4) is 0 Å². The number of hydrogen-bond donors (Lipinski definition) is 3. The number of nitrogens with two attached hydrogens (primary N) is 1. The highest BCUT2D eigenvalue weighted by atomic mass is 35.5. The van der Waals surface area contributed by atoms with Crippen molar-refractivity contribution in [2.45, 2.75) is 19.3 Å². The van der Waals surface area contributed by atoms with Gasteiger partial charge >= 0.3 is 0 Å². The van der Waals surface area contributed by atoms with Crippen LogP contribution < -0.4 is 21.1 Å². The summed E-state index contributed by atoms with van der Waals surface area (Å²) in [6.45, 7) is 4.20. The number of methoxy groups -OCH3 is 1. The van der Waals surface area contributed by atoms with Gasteiger partial charge in [0.25, 0.3) is 11.8 Å². The summed E-state index contributed by atoms with van der Waals surface area (Å²) in [5.41, 5.74) is 7.29. The average Bonchev–Trinajstić information content (AvgIpc) is 3.35. The maximum atomic E-state index is 12.7. The lowest BCUT2D eigenvalue weighted by Crippen LogP contribution is -2.31. The molecule has 0 bridgehead atoms. The molecule has 0 saturated carbocycles. The van der Waals surface area contributed by atoms with Gasteiger partial charge < -0.3 is 26.0 Å². The number of likely N-dealkylation sites (tertiary alicyclic amines) is 1. The summed E-state index contributed by atoms with van der Waals surface area (Å²) in [5.74, 6) is 0.571. The van der Waals surface area contributed by atoms with Crippen LogP contribution >= 0.6 is 11.6 Å². The zero-order valence-corrected chi connectivity index (χ0v) is 21.3. The number of fused-ring (bicyclic) bond motifs is 1. The average molecular weight is 509 g/mol. The molecule has 0 unspecified atom stereocenters.